The molecule has 3 aromatic rings. The molecular weight excluding hydrogens is 426 g/mol. The van der Waals surface area contributed by atoms with Crippen molar-refractivity contribution < 1.29 is 4.48 Å². The largest absolute Gasteiger partial charge is 0.367 e. The average molecular weight is 469 g/mol. The Morgan fingerprint density at radius 1 is 0.857 bits per heavy atom. The highest BCUT2D eigenvalue weighted by Gasteiger charge is 2.33. The minimum Gasteiger partial charge on any atom is -0.367 e. The van der Waals surface area contributed by atoms with Crippen LogP contribution in [0, 0.1) is 13.8 Å². The molecule has 3 nitrogen and oxygen atoms in total. The molecule has 5 rings (SSSR count). The Bertz CT molecular complexity index is 1140. The summed E-state index contributed by atoms with van der Waals surface area (Å²) in [7, 11) is 4.88. The van der Waals surface area contributed by atoms with Crippen molar-refractivity contribution >= 4 is 17.1 Å². The number of para-hydroxylation sites is 1. The van der Waals surface area contributed by atoms with Crippen molar-refractivity contribution in [2.45, 2.75) is 64.5 Å². The van der Waals surface area contributed by atoms with E-state index >= 15 is 0 Å². The number of hydrogen-bond acceptors (Lipinski definition) is 2. The van der Waals surface area contributed by atoms with Gasteiger partial charge in [0.25, 0.3) is 0 Å². The third-order valence-electron chi connectivity index (χ3n) is 8.61. The van der Waals surface area contributed by atoms with Crippen LogP contribution in [0.1, 0.15) is 47.9 Å². The standard InChI is InChI=1S/C32H42N3/c1-24-11-5-8-15-31(24)33-28-16-17-32(25(2)21-28)34(19-18-30-14-9-10-20-35(30,3)4)29-22-26-12-6-7-13-27(26)23-29/h5-8,11-13,15-17,21,29-30,33H,9-10,14,18-20,22-23H2,1-4H3/q+1. The maximum atomic E-state index is 3.64. The van der Waals surface area contributed by atoms with Crippen molar-refractivity contribution in [2.24, 2.45) is 0 Å². The summed E-state index contributed by atoms with van der Waals surface area (Å²) in [5, 5.41) is 3.64. The Morgan fingerprint density at radius 2 is 1.57 bits per heavy atom. The van der Waals surface area contributed by atoms with Gasteiger partial charge in [-0.25, -0.2) is 0 Å². The van der Waals surface area contributed by atoms with E-state index in [4.69, 9.17) is 0 Å². The molecule has 1 aliphatic carbocycles. The molecule has 0 aromatic heterocycles. The summed E-state index contributed by atoms with van der Waals surface area (Å²) in [6.45, 7) is 6.90. The van der Waals surface area contributed by atoms with Gasteiger partial charge in [0.1, 0.15) is 0 Å². The number of nitrogens with zero attached hydrogens (tertiary/aromatic N) is 2. The molecule has 3 aromatic carbocycles. The topological polar surface area (TPSA) is 15.3 Å². The molecule has 1 fully saturated rings. The Labute approximate surface area is 212 Å². The molecule has 1 saturated heterocycles. The maximum Gasteiger partial charge on any atom is 0.0903 e. The molecule has 0 spiro atoms. The number of quaternary nitrogens is 1. The molecule has 1 heterocycles. The summed E-state index contributed by atoms with van der Waals surface area (Å²) >= 11 is 0. The van der Waals surface area contributed by atoms with Gasteiger partial charge < -0.3 is 14.7 Å². The summed E-state index contributed by atoms with van der Waals surface area (Å²) in [6.07, 6.45) is 7.70. The van der Waals surface area contributed by atoms with Gasteiger partial charge in [0.05, 0.1) is 26.7 Å². The van der Waals surface area contributed by atoms with Crippen molar-refractivity contribution in [3.63, 3.8) is 0 Å². The normalized spacial score (nSPS) is 19.4. The van der Waals surface area contributed by atoms with Gasteiger partial charge in [-0.15, -0.1) is 0 Å². The quantitative estimate of drug-likeness (QED) is 0.374. The fourth-order valence-corrected chi connectivity index (χ4v) is 6.39. The van der Waals surface area contributed by atoms with Gasteiger partial charge >= 0.3 is 0 Å². The number of likely N-dealkylation sites (tertiary alicyclic amines) is 1. The summed E-state index contributed by atoms with van der Waals surface area (Å²) in [6, 6.07) is 25.8. The highest BCUT2D eigenvalue weighted by molar-refractivity contribution is 5.68. The summed E-state index contributed by atoms with van der Waals surface area (Å²) in [5.41, 5.74) is 9.45. The SMILES string of the molecule is Cc1ccccc1Nc1ccc(N(CCC2CCCC[N+]2(C)C)C2Cc3ccccc3C2)c(C)c1. The van der Waals surface area contributed by atoms with E-state index in [2.05, 4.69) is 105 Å². The molecule has 1 unspecified atom stereocenters. The van der Waals surface area contributed by atoms with Gasteiger partial charge in [0.2, 0.25) is 0 Å². The zero-order valence-corrected chi connectivity index (χ0v) is 22.1. The first-order valence-corrected chi connectivity index (χ1v) is 13.5. The van der Waals surface area contributed by atoms with Gasteiger partial charge in [0.15, 0.2) is 0 Å². The first kappa shape index (κ1) is 23.9. The number of benzene rings is 3. The predicted octanol–water partition coefficient (Wildman–Crippen LogP) is 7.04. The van der Waals surface area contributed by atoms with E-state index in [1.807, 2.05) is 0 Å². The third-order valence-corrected chi connectivity index (χ3v) is 8.61. The van der Waals surface area contributed by atoms with E-state index in [1.165, 1.54) is 76.0 Å². The van der Waals surface area contributed by atoms with E-state index in [0.717, 1.165) is 25.4 Å². The molecule has 0 amide bonds. The van der Waals surface area contributed by atoms with Gasteiger partial charge in [-0.05, 0) is 92.5 Å². The Balaban J connectivity index is 1.39. The van der Waals surface area contributed by atoms with Crippen LogP contribution in [-0.4, -0.2) is 43.8 Å². The molecule has 35 heavy (non-hydrogen) atoms. The summed E-state index contributed by atoms with van der Waals surface area (Å²) in [4.78, 5) is 2.75. The Morgan fingerprint density at radius 3 is 2.26 bits per heavy atom. The van der Waals surface area contributed by atoms with Gasteiger partial charge in [-0.1, -0.05) is 42.5 Å². The lowest BCUT2D eigenvalue weighted by Crippen LogP contribution is -2.53. The molecule has 0 saturated carbocycles. The second kappa shape index (κ2) is 10.1. The lowest BCUT2D eigenvalue weighted by atomic mass is 9.96. The molecule has 2 aliphatic rings. The number of anilines is 3. The molecule has 0 bridgehead atoms. The second-order valence-electron chi connectivity index (χ2n) is 11.4. The number of aryl methyl sites for hydroxylation is 2. The lowest BCUT2D eigenvalue weighted by molar-refractivity contribution is -0.920. The van der Waals surface area contributed by atoms with Crippen LogP contribution in [0.4, 0.5) is 17.1 Å². The van der Waals surface area contributed by atoms with E-state index in [1.54, 1.807) is 0 Å². The van der Waals surface area contributed by atoms with Crippen LogP contribution in [0.15, 0.2) is 66.7 Å². The third kappa shape index (κ3) is 5.26. The van der Waals surface area contributed by atoms with Crippen molar-refractivity contribution in [1.82, 2.24) is 0 Å². The van der Waals surface area contributed by atoms with Crippen molar-refractivity contribution in [2.75, 3.05) is 37.4 Å². The number of nitrogens with one attached hydrogen (secondary N) is 1. The highest BCUT2D eigenvalue weighted by atomic mass is 15.3. The van der Waals surface area contributed by atoms with Crippen LogP contribution in [0.5, 0.6) is 0 Å². The zero-order chi connectivity index (χ0) is 24.4. The van der Waals surface area contributed by atoms with Crippen LogP contribution in [0.2, 0.25) is 0 Å². The first-order chi connectivity index (χ1) is 16.9. The monoisotopic (exact) mass is 468 g/mol. The van der Waals surface area contributed by atoms with Crippen molar-refractivity contribution in [3.8, 4) is 0 Å². The average Bonchev–Trinajstić information content (AvgIpc) is 3.26. The molecule has 184 valence electrons. The van der Waals surface area contributed by atoms with E-state index in [9.17, 15) is 0 Å². The number of rotatable bonds is 7. The fourth-order valence-electron chi connectivity index (χ4n) is 6.39. The van der Waals surface area contributed by atoms with Crippen molar-refractivity contribution in [3.05, 3.63) is 89.0 Å². The number of fused-ring (bicyclic) bond motifs is 1. The summed E-state index contributed by atoms with van der Waals surface area (Å²) < 4.78 is 1.18. The number of piperidine rings is 1. The maximum absolute atomic E-state index is 3.64. The Kier molecular flexibility index (Phi) is 6.88. The minimum atomic E-state index is 0.542. The smallest absolute Gasteiger partial charge is 0.0903 e. The van der Waals surface area contributed by atoms with Crippen LogP contribution >= 0.6 is 0 Å². The number of hydrogen-bond donors (Lipinski definition) is 1. The van der Waals surface area contributed by atoms with Crippen LogP contribution < -0.4 is 10.2 Å². The molecule has 1 atom stereocenters. The van der Waals surface area contributed by atoms with E-state index in [-0.39, 0.29) is 0 Å². The summed E-state index contributed by atoms with van der Waals surface area (Å²) in [5.74, 6) is 0. The van der Waals surface area contributed by atoms with Gasteiger partial charge in [-0.2, -0.15) is 0 Å². The fraction of sp³-hybridized carbons (Fsp3) is 0.438. The van der Waals surface area contributed by atoms with E-state index < -0.39 is 0 Å². The zero-order valence-electron chi connectivity index (χ0n) is 22.1. The van der Waals surface area contributed by atoms with Crippen LogP contribution in [0.25, 0.3) is 0 Å². The van der Waals surface area contributed by atoms with Gasteiger partial charge in [-0.3, -0.25) is 0 Å². The van der Waals surface area contributed by atoms with E-state index in [0.29, 0.717) is 6.04 Å². The molecule has 1 N–H and O–H groups in total. The van der Waals surface area contributed by atoms with Crippen LogP contribution in [0.3, 0.4) is 0 Å². The lowest BCUT2D eigenvalue weighted by Gasteiger charge is -2.43. The highest BCUT2D eigenvalue weighted by Crippen LogP contribution is 2.34. The molecule has 0 radical (unpaired) electrons. The minimum absolute atomic E-state index is 0.542. The molecule has 1 aliphatic heterocycles. The van der Waals surface area contributed by atoms with Crippen molar-refractivity contribution in [1.29, 1.82) is 0 Å². The molecule has 3 heteroatoms. The second-order valence-corrected chi connectivity index (χ2v) is 11.4. The first-order valence-electron chi connectivity index (χ1n) is 13.5. The Hall–Kier alpha value is -2.78. The van der Waals surface area contributed by atoms with Gasteiger partial charge in [0, 0.05) is 36.1 Å². The van der Waals surface area contributed by atoms with Crippen LogP contribution in [-0.2, 0) is 12.8 Å². The predicted molar refractivity (Wildman–Crippen MR) is 150 cm³/mol. The molecular formula is C32H42N3+.